The Morgan fingerprint density at radius 3 is 2.74 bits per heavy atom. The zero-order valence-corrected chi connectivity index (χ0v) is 11.1. The summed E-state index contributed by atoms with van der Waals surface area (Å²) in [6, 6.07) is 3.63. The van der Waals surface area contributed by atoms with Gasteiger partial charge in [0.25, 0.3) is 0 Å². The third-order valence-corrected chi connectivity index (χ3v) is 3.75. The van der Waals surface area contributed by atoms with E-state index in [4.69, 9.17) is 10.8 Å². The monoisotopic (exact) mass is 282 g/mol. The summed E-state index contributed by atoms with van der Waals surface area (Å²) in [4.78, 5) is 10.7. The number of carboxylic acids is 1. The van der Waals surface area contributed by atoms with Gasteiger partial charge in [0.1, 0.15) is 0 Å². The van der Waals surface area contributed by atoms with Gasteiger partial charge in [0.05, 0.1) is 10.5 Å². The van der Waals surface area contributed by atoms with Gasteiger partial charge in [-0.1, -0.05) is 0 Å². The fraction of sp³-hybridized carbons (Fsp3) is 0.250. The van der Waals surface area contributed by atoms with E-state index in [2.05, 4.69) is 16.6 Å². The quantitative estimate of drug-likeness (QED) is 0.417. The maximum absolute atomic E-state index is 12.0. The van der Waals surface area contributed by atoms with Gasteiger partial charge in [-0.2, -0.15) is 0 Å². The SMILES string of the molecule is CC#CCCNS(=O)(=O)c1cc(N)ccc1C(=O)O. The summed E-state index contributed by atoms with van der Waals surface area (Å²) in [7, 11) is -3.92. The molecule has 0 heterocycles. The number of benzene rings is 1. The summed E-state index contributed by atoms with van der Waals surface area (Å²) in [6.45, 7) is 1.76. The Bertz CT molecular complexity index is 641. The van der Waals surface area contributed by atoms with Crippen LogP contribution in [0, 0.1) is 11.8 Å². The smallest absolute Gasteiger partial charge is 0.337 e. The molecule has 0 spiro atoms. The lowest BCUT2D eigenvalue weighted by Gasteiger charge is -2.09. The molecular weight excluding hydrogens is 268 g/mol. The van der Waals surface area contributed by atoms with Crippen molar-refractivity contribution in [2.24, 2.45) is 0 Å². The van der Waals surface area contributed by atoms with Crippen LogP contribution in [0.3, 0.4) is 0 Å². The molecule has 1 aromatic carbocycles. The number of hydrogen-bond acceptors (Lipinski definition) is 4. The molecule has 6 nitrogen and oxygen atoms in total. The van der Waals surface area contributed by atoms with Crippen LogP contribution in [0.1, 0.15) is 23.7 Å². The molecule has 0 bridgehead atoms. The van der Waals surface area contributed by atoms with Crippen molar-refractivity contribution in [1.82, 2.24) is 4.72 Å². The second-order valence-electron chi connectivity index (χ2n) is 3.64. The molecule has 0 fully saturated rings. The summed E-state index contributed by atoms with van der Waals surface area (Å²) in [5.41, 5.74) is 5.36. The first-order valence-corrected chi connectivity index (χ1v) is 6.89. The Labute approximate surface area is 111 Å². The van der Waals surface area contributed by atoms with Crippen molar-refractivity contribution in [3.8, 4) is 11.8 Å². The highest BCUT2D eigenvalue weighted by molar-refractivity contribution is 7.89. The van der Waals surface area contributed by atoms with Crippen LogP contribution in [0.25, 0.3) is 0 Å². The number of anilines is 1. The third kappa shape index (κ3) is 3.98. The van der Waals surface area contributed by atoms with E-state index in [0.29, 0.717) is 6.42 Å². The second kappa shape index (κ2) is 6.22. The molecule has 19 heavy (non-hydrogen) atoms. The predicted molar refractivity (Wildman–Crippen MR) is 71.1 cm³/mol. The van der Waals surface area contributed by atoms with Crippen LogP contribution in [0.5, 0.6) is 0 Å². The molecule has 0 radical (unpaired) electrons. The van der Waals surface area contributed by atoms with Crippen LogP contribution < -0.4 is 10.5 Å². The summed E-state index contributed by atoms with van der Waals surface area (Å²) in [6.07, 6.45) is 0.348. The van der Waals surface area contributed by atoms with Crippen LogP contribution in [-0.4, -0.2) is 26.0 Å². The lowest BCUT2D eigenvalue weighted by molar-refractivity contribution is 0.0692. The lowest BCUT2D eigenvalue weighted by Crippen LogP contribution is -2.26. The lowest BCUT2D eigenvalue weighted by atomic mass is 10.2. The van der Waals surface area contributed by atoms with E-state index in [0.717, 1.165) is 12.1 Å². The first-order chi connectivity index (χ1) is 8.88. The van der Waals surface area contributed by atoms with Gasteiger partial charge >= 0.3 is 5.97 Å². The fourth-order valence-corrected chi connectivity index (χ4v) is 2.65. The van der Waals surface area contributed by atoms with E-state index in [-0.39, 0.29) is 22.7 Å². The Balaban J connectivity index is 3.08. The molecule has 102 valence electrons. The van der Waals surface area contributed by atoms with E-state index in [1.165, 1.54) is 6.07 Å². The molecule has 1 rings (SSSR count). The minimum absolute atomic E-state index is 0.108. The zero-order valence-electron chi connectivity index (χ0n) is 10.3. The molecule has 0 saturated heterocycles. The molecule has 0 amide bonds. The highest BCUT2D eigenvalue weighted by Crippen LogP contribution is 2.19. The largest absolute Gasteiger partial charge is 0.478 e. The fourth-order valence-electron chi connectivity index (χ4n) is 1.39. The molecule has 0 atom stereocenters. The Morgan fingerprint density at radius 1 is 1.47 bits per heavy atom. The van der Waals surface area contributed by atoms with Gasteiger partial charge in [0, 0.05) is 18.7 Å². The standard InChI is InChI=1S/C12H14N2O4S/c1-2-3-4-7-14-19(17,18)11-8-9(13)5-6-10(11)12(15)16/h5-6,8,14H,4,7,13H2,1H3,(H,15,16). The van der Waals surface area contributed by atoms with Crippen molar-refractivity contribution in [1.29, 1.82) is 0 Å². The molecule has 1 aromatic rings. The van der Waals surface area contributed by atoms with Crippen molar-refractivity contribution in [2.75, 3.05) is 12.3 Å². The average molecular weight is 282 g/mol. The van der Waals surface area contributed by atoms with Crippen molar-refractivity contribution >= 4 is 21.7 Å². The van der Waals surface area contributed by atoms with Crippen molar-refractivity contribution in [2.45, 2.75) is 18.2 Å². The van der Waals surface area contributed by atoms with Crippen LogP contribution in [0.4, 0.5) is 5.69 Å². The molecule has 0 aliphatic heterocycles. The maximum atomic E-state index is 12.0. The van der Waals surface area contributed by atoms with Crippen LogP contribution in [0.2, 0.25) is 0 Å². The van der Waals surface area contributed by atoms with Crippen molar-refractivity contribution < 1.29 is 18.3 Å². The van der Waals surface area contributed by atoms with E-state index >= 15 is 0 Å². The topological polar surface area (TPSA) is 109 Å². The number of sulfonamides is 1. The number of nitrogens with two attached hydrogens (primary N) is 1. The van der Waals surface area contributed by atoms with Gasteiger partial charge in [-0.05, 0) is 25.1 Å². The summed E-state index contributed by atoms with van der Waals surface area (Å²) in [5, 5.41) is 8.97. The van der Waals surface area contributed by atoms with Gasteiger partial charge in [-0.3, -0.25) is 0 Å². The Morgan fingerprint density at radius 2 is 2.16 bits per heavy atom. The number of nitrogens with one attached hydrogen (secondary N) is 1. The summed E-state index contributed by atoms with van der Waals surface area (Å²) < 4.78 is 26.3. The highest BCUT2D eigenvalue weighted by atomic mass is 32.2. The van der Waals surface area contributed by atoms with E-state index in [1.807, 2.05) is 0 Å². The number of carboxylic acid groups (broad SMARTS) is 1. The second-order valence-corrected chi connectivity index (χ2v) is 5.37. The van der Waals surface area contributed by atoms with Gasteiger partial charge in [0.15, 0.2) is 0 Å². The van der Waals surface area contributed by atoms with Gasteiger partial charge in [-0.25, -0.2) is 17.9 Å². The molecule has 7 heteroatoms. The number of hydrogen-bond donors (Lipinski definition) is 3. The summed E-state index contributed by atoms with van der Waals surface area (Å²) in [5.74, 6) is 4.01. The number of rotatable bonds is 5. The van der Waals surface area contributed by atoms with Crippen LogP contribution in [0.15, 0.2) is 23.1 Å². The summed E-state index contributed by atoms with van der Waals surface area (Å²) >= 11 is 0. The molecule has 4 N–H and O–H groups in total. The maximum Gasteiger partial charge on any atom is 0.337 e. The van der Waals surface area contributed by atoms with Gasteiger partial charge in [-0.15, -0.1) is 11.8 Å². The van der Waals surface area contributed by atoms with Crippen LogP contribution >= 0.6 is 0 Å². The van der Waals surface area contributed by atoms with Crippen molar-refractivity contribution in [3.05, 3.63) is 23.8 Å². The zero-order chi connectivity index (χ0) is 14.5. The van der Waals surface area contributed by atoms with Crippen molar-refractivity contribution in [3.63, 3.8) is 0 Å². The number of nitrogen functional groups attached to an aromatic ring is 1. The van der Waals surface area contributed by atoms with E-state index in [1.54, 1.807) is 6.92 Å². The average Bonchev–Trinajstić information content (AvgIpc) is 2.34. The van der Waals surface area contributed by atoms with Crippen LogP contribution in [-0.2, 0) is 10.0 Å². The molecule has 0 aliphatic carbocycles. The Kier molecular flexibility index (Phi) is 4.92. The van der Waals surface area contributed by atoms with Gasteiger partial charge in [0.2, 0.25) is 10.0 Å². The van der Waals surface area contributed by atoms with E-state index < -0.39 is 16.0 Å². The third-order valence-electron chi connectivity index (χ3n) is 2.24. The van der Waals surface area contributed by atoms with Gasteiger partial charge < -0.3 is 10.8 Å². The number of aromatic carboxylic acids is 1. The minimum atomic E-state index is -3.92. The molecule has 0 aliphatic rings. The molecule has 0 aromatic heterocycles. The first-order valence-electron chi connectivity index (χ1n) is 5.40. The molecule has 0 unspecified atom stereocenters. The number of carbonyl (C=O) groups is 1. The molecule has 0 saturated carbocycles. The predicted octanol–water partition coefficient (Wildman–Crippen LogP) is 0.659. The normalized spacial score (nSPS) is 10.6. The minimum Gasteiger partial charge on any atom is -0.478 e. The Hall–Kier alpha value is -2.04. The van der Waals surface area contributed by atoms with E-state index in [9.17, 15) is 13.2 Å². The molecular formula is C12H14N2O4S. The first kappa shape index (κ1) is 15.0. The highest BCUT2D eigenvalue weighted by Gasteiger charge is 2.21.